The van der Waals surface area contributed by atoms with Crippen LogP contribution in [0.5, 0.6) is 0 Å². The molecule has 1 aliphatic rings. The monoisotopic (exact) mass is 268 g/mol. The first-order chi connectivity index (χ1) is 8.85. The van der Waals surface area contributed by atoms with Gasteiger partial charge in [0.15, 0.2) is 5.76 Å². The van der Waals surface area contributed by atoms with Gasteiger partial charge in [0.05, 0.1) is 33.7 Å². The fraction of sp³-hybridized carbons (Fsp3) is 0.600. The Morgan fingerprint density at radius 2 is 1.84 bits per heavy atom. The fourth-order valence-electron chi connectivity index (χ4n) is 2.04. The zero-order chi connectivity index (χ0) is 14.6. The number of aliphatic hydroxyl groups excluding tert-OH is 1. The molecule has 108 valence electrons. The van der Waals surface area contributed by atoms with Crippen LogP contribution in [0.15, 0.2) is 35.0 Å². The number of ether oxygens (including phenoxy) is 3. The van der Waals surface area contributed by atoms with Crippen molar-refractivity contribution >= 4 is 0 Å². The summed E-state index contributed by atoms with van der Waals surface area (Å²) in [4.78, 5) is 0. The number of hydrogen-bond acceptors (Lipinski definition) is 4. The summed E-state index contributed by atoms with van der Waals surface area (Å²) in [5, 5.41) is 10.5. The highest BCUT2D eigenvalue weighted by atomic mass is 16.5. The first kappa shape index (κ1) is 15.6. The van der Waals surface area contributed by atoms with E-state index < -0.39 is 6.10 Å². The minimum atomic E-state index is -0.645. The highest BCUT2D eigenvalue weighted by Crippen LogP contribution is 2.36. The third kappa shape index (κ3) is 3.53. The van der Waals surface area contributed by atoms with Gasteiger partial charge in [0, 0.05) is 12.0 Å². The van der Waals surface area contributed by atoms with Gasteiger partial charge in [0.1, 0.15) is 5.76 Å². The van der Waals surface area contributed by atoms with Gasteiger partial charge in [-0.05, 0) is 17.1 Å². The predicted octanol–water partition coefficient (Wildman–Crippen LogP) is 2.76. The van der Waals surface area contributed by atoms with Crippen LogP contribution in [0.2, 0.25) is 0 Å². The number of allylic oxidation sites excluding steroid dienone is 2. The molecule has 0 heterocycles. The maximum absolute atomic E-state index is 10.5. The summed E-state index contributed by atoms with van der Waals surface area (Å²) in [6.45, 7) is 5.94. The van der Waals surface area contributed by atoms with Gasteiger partial charge in [-0.15, -0.1) is 0 Å². The maximum Gasteiger partial charge on any atom is 0.162 e. The molecule has 1 N–H and O–H groups in total. The Hall–Kier alpha value is -1.42. The molecular formula is C15H24O4. The Kier molecular flexibility index (Phi) is 5.06. The molecule has 0 radical (unpaired) electrons. The quantitative estimate of drug-likeness (QED) is 0.796. The average Bonchev–Trinajstić information content (AvgIpc) is 2.36. The summed E-state index contributed by atoms with van der Waals surface area (Å²) in [6, 6.07) is 0. The minimum Gasteiger partial charge on any atom is -0.504 e. The Morgan fingerprint density at radius 3 is 2.26 bits per heavy atom. The van der Waals surface area contributed by atoms with Crippen LogP contribution >= 0.6 is 0 Å². The van der Waals surface area contributed by atoms with Gasteiger partial charge >= 0.3 is 0 Å². The van der Waals surface area contributed by atoms with Gasteiger partial charge in [-0.25, -0.2) is 0 Å². The van der Waals surface area contributed by atoms with E-state index in [4.69, 9.17) is 14.2 Å². The van der Waals surface area contributed by atoms with Gasteiger partial charge in [0.25, 0.3) is 0 Å². The number of methoxy groups -OCH3 is 3. The van der Waals surface area contributed by atoms with Crippen LogP contribution in [0.3, 0.4) is 0 Å². The van der Waals surface area contributed by atoms with Crippen LogP contribution < -0.4 is 0 Å². The highest BCUT2D eigenvalue weighted by molar-refractivity contribution is 5.45. The summed E-state index contributed by atoms with van der Waals surface area (Å²) < 4.78 is 15.8. The second-order valence-corrected chi connectivity index (χ2v) is 5.63. The summed E-state index contributed by atoms with van der Waals surface area (Å²) in [7, 11) is 4.79. The van der Waals surface area contributed by atoms with Crippen LogP contribution in [0.4, 0.5) is 0 Å². The third-order valence-corrected chi connectivity index (χ3v) is 3.06. The molecule has 0 bridgehead atoms. The van der Waals surface area contributed by atoms with Crippen molar-refractivity contribution in [1.29, 1.82) is 0 Å². The van der Waals surface area contributed by atoms with Crippen molar-refractivity contribution in [2.45, 2.75) is 33.3 Å². The van der Waals surface area contributed by atoms with Crippen molar-refractivity contribution in [3.63, 3.8) is 0 Å². The van der Waals surface area contributed by atoms with E-state index in [-0.39, 0.29) is 5.41 Å². The Bertz CT molecular complexity index is 410. The van der Waals surface area contributed by atoms with Crippen molar-refractivity contribution in [2.24, 2.45) is 5.41 Å². The normalized spacial score (nSPS) is 20.2. The standard InChI is InChI=1S/C15H24O4/c1-15(2,3)14(16)11-7-10(9-17-4)8-12(18-5)13(11)19-6/h7,9,14,16H,8H2,1-6H3. The molecule has 1 atom stereocenters. The molecule has 1 unspecified atom stereocenters. The highest BCUT2D eigenvalue weighted by Gasteiger charge is 2.32. The SMILES string of the molecule is COC=C1C=C(C(O)C(C)(C)C)C(OC)=C(OC)C1. The van der Waals surface area contributed by atoms with Gasteiger partial charge < -0.3 is 19.3 Å². The Balaban J connectivity index is 3.27. The van der Waals surface area contributed by atoms with Crippen LogP contribution in [0.25, 0.3) is 0 Å². The van der Waals surface area contributed by atoms with Crippen LogP contribution in [0, 0.1) is 5.41 Å². The molecule has 0 saturated carbocycles. The smallest absolute Gasteiger partial charge is 0.162 e. The molecule has 1 rings (SSSR count). The van der Waals surface area contributed by atoms with Crippen LogP contribution in [-0.4, -0.2) is 32.5 Å². The Morgan fingerprint density at radius 1 is 1.21 bits per heavy atom. The molecule has 19 heavy (non-hydrogen) atoms. The second-order valence-electron chi connectivity index (χ2n) is 5.63. The lowest BCUT2D eigenvalue weighted by molar-refractivity contribution is 0.0853. The van der Waals surface area contributed by atoms with E-state index in [1.165, 1.54) is 0 Å². The zero-order valence-electron chi connectivity index (χ0n) is 12.6. The molecule has 0 aliphatic heterocycles. The zero-order valence-corrected chi connectivity index (χ0v) is 12.6. The Labute approximate surface area is 115 Å². The van der Waals surface area contributed by atoms with E-state index >= 15 is 0 Å². The molecule has 4 nitrogen and oxygen atoms in total. The van der Waals surface area contributed by atoms with Gasteiger partial charge in [-0.3, -0.25) is 0 Å². The van der Waals surface area contributed by atoms with Crippen molar-refractivity contribution in [1.82, 2.24) is 0 Å². The molecule has 0 amide bonds. The lowest BCUT2D eigenvalue weighted by Crippen LogP contribution is -2.30. The van der Waals surface area contributed by atoms with E-state index in [2.05, 4.69) is 0 Å². The molecular weight excluding hydrogens is 244 g/mol. The summed E-state index contributed by atoms with van der Waals surface area (Å²) in [5.74, 6) is 1.31. The van der Waals surface area contributed by atoms with E-state index in [0.717, 1.165) is 11.1 Å². The predicted molar refractivity (Wildman–Crippen MR) is 74.3 cm³/mol. The van der Waals surface area contributed by atoms with Gasteiger partial charge in [-0.2, -0.15) is 0 Å². The molecule has 0 aromatic rings. The average molecular weight is 268 g/mol. The maximum atomic E-state index is 10.5. The molecule has 0 saturated heterocycles. The van der Waals surface area contributed by atoms with Gasteiger partial charge in [-0.1, -0.05) is 20.8 Å². The molecule has 4 heteroatoms. The lowest BCUT2D eigenvalue weighted by atomic mass is 9.81. The molecule has 0 aromatic heterocycles. The lowest BCUT2D eigenvalue weighted by Gasteiger charge is -2.31. The molecule has 0 spiro atoms. The van der Waals surface area contributed by atoms with E-state index in [1.807, 2.05) is 26.8 Å². The number of rotatable bonds is 4. The van der Waals surface area contributed by atoms with Crippen LogP contribution in [-0.2, 0) is 14.2 Å². The fourth-order valence-corrected chi connectivity index (χ4v) is 2.04. The summed E-state index contributed by atoms with van der Waals surface area (Å²) in [5.41, 5.74) is 1.38. The van der Waals surface area contributed by atoms with E-state index in [1.54, 1.807) is 27.6 Å². The third-order valence-electron chi connectivity index (χ3n) is 3.06. The second kappa shape index (κ2) is 6.15. The van der Waals surface area contributed by atoms with Crippen molar-refractivity contribution in [3.8, 4) is 0 Å². The first-order valence-electron chi connectivity index (χ1n) is 6.28. The number of aliphatic hydroxyl groups is 1. The molecule has 0 aromatic carbocycles. The molecule has 0 fully saturated rings. The minimum absolute atomic E-state index is 0.288. The number of hydrogen-bond donors (Lipinski definition) is 1. The van der Waals surface area contributed by atoms with Crippen molar-refractivity contribution in [3.05, 3.63) is 35.0 Å². The topological polar surface area (TPSA) is 47.9 Å². The van der Waals surface area contributed by atoms with Crippen molar-refractivity contribution < 1.29 is 19.3 Å². The summed E-state index contributed by atoms with van der Waals surface area (Å²) in [6.07, 6.45) is 3.50. The molecule has 1 aliphatic carbocycles. The van der Waals surface area contributed by atoms with E-state index in [9.17, 15) is 5.11 Å². The van der Waals surface area contributed by atoms with Crippen molar-refractivity contribution in [2.75, 3.05) is 21.3 Å². The largest absolute Gasteiger partial charge is 0.504 e. The summed E-state index contributed by atoms with van der Waals surface area (Å²) >= 11 is 0. The van der Waals surface area contributed by atoms with E-state index in [0.29, 0.717) is 17.9 Å². The van der Waals surface area contributed by atoms with Gasteiger partial charge in [0.2, 0.25) is 0 Å². The first-order valence-corrected chi connectivity index (χ1v) is 6.28. The van der Waals surface area contributed by atoms with Crippen LogP contribution in [0.1, 0.15) is 27.2 Å².